The summed E-state index contributed by atoms with van der Waals surface area (Å²) in [6, 6.07) is 13.6. The molecule has 0 bridgehead atoms. The molecule has 1 aromatic heterocycles. The first-order chi connectivity index (χ1) is 14.6. The average molecular weight is 426 g/mol. The number of fused-ring (bicyclic) bond motifs is 2. The van der Waals surface area contributed by atoms with Gasteiger partial charge in [-0.2, -0.15) is 0 Å². The number of pyridine rings is 1. The Hall–Kier alpha value is -2.99. The van der Waals surface area contributed by atoms with Crippen LogP contribution in [0.15, 0.2) is 47.3 Å². The lowest BCUT2D eigenvalue weighted by molar-refractivity contribution is 0.0525. The molecule has 2 N–H and O–H groups in total. The van der Waals surface area contributed by atoms with Gasteiger partial charge in [-0.3, -0.25) is 4.79 Å². The fraction of sp³-hybridized carbons (Fsp3) is 0.304. The fourth-order valence-corrected chi connectivity index (χ4v) is 4.18. The van der Waals surface area contributed by atoms with Crippen LogP contribution in [-0.4, -0.2) is 37.2 Å². The zero-order valence-electron chi connectivity index (χ0n) is 16.8. The van der Waals surface area contributed by atoms with Crippen LogP contribution >= 0.6 is 11.6 Å². The molecule has 7 heteroatoms. The number of esters is 1. The van der Waals surface area contributed by atoms with Crippen molar-refractivity contribution >= 4 is 39.8 Å². The predicted octanol–water partition coefficient (Wildman–Crippen LogP) is 4.22. The summed E-state index contributed by atoms with van der Waals surface area (Å²) in [6.45, 7) is 4.19. The van der Waals surface area contributed by atoms with E-state index in [-0.39, 0.29) is 12.2 Å². The number of carbonyl (C=O) groups is 1. The molecule has 4 rings (SSSR count). The van der Waals surface area contributed by atoms with Gasteiger partial charge >= 0.3 is 5.97 Å². The van der Waals surface area contributed by atoms with Crippen molar-refractivity contribution in [3.8, 4) is 0 Å². The third-order valence-corrected chi connectivity index (χ3v) is 5.58. The van der Waals surface area contributed by atoms with Crippen LogP contribution in [0.3, 0.4) is 0 Å². The number of para-hydroxylation sites is 1. The van der Waals surface area contributed by atoms with Crippen molar-refractivity contribution in [2.45, 2.75) is 19.8 Å². The van der Waals surface area contributed by atoms with Crippen LogP contribution in [0, 0.1) is 0 Å². The number of rotatable bonds is 6. The second-order valence-corrected chi connectivity index (χ2v) is 7.70. The van der Waals surface area contributed by atoms with Gasteiger partial charge in [0.25, 0.3) is 5.56 Å². The summed E-state index contributed by atoms with van der Waals surface area (Å²) in [7, 11) is 0. The first-order valence-electron chi connectivity index (χ1n) is 10.2. The molecule has 0 saturated carbocycles. The number of nitrogens with one attached hydrogen (secondary N) is 2. The second-order valence-electron chi connectivity index (χ2n) is 7.26. The molecule has 0 saturated heterocycles. The summed E-state index contributed by atoms with van der Waals surface area (Å²) in [6.07, 6.45) is 2.19. The number of halogens is 1. The maximum Gasteiger partial charge on any atom is 0.345 e. The molecule has 2 heterocycles. The summed E-state index contributed by atoms with van der Waals surface area (Å²) in [5.74, 6) is -0.647. The molecule has 156 valence electrons. The van der Waals surface area contributed by atoms with E-state index in [9.17, 15) is 9.59 Å². The van der Waals surface area contributed by atoms with E-state index in [1.165, 1.54) is 11.3 Å². The number of hydrogen-bond acceptors (Lipinski definition) is 5. The number of hydrogen-bond donors (Lipinski definition) is 2. The molecular weight excluding hydrogens is 402 g/mol. The van der Waals surface area contributed by atoms with Crippen molar-refractivity contribution < 1.29 is 9.53 Å². The first-order valence-corrected chi connectivity index (χ1v) is 10.6. The van der Waals surface area contributed by atoms with Crippen molar-refractivity contribution in [2.75, 3.05) is 36.5 Å². The predicted molar refractivity (Wildman–Crippen MR) is 121 cm³/mol. The van der Waals surface area contributed by atoms with Crippen molar-refractivity contribution in [3.63, 3.8) is 0 Å². The van der Waals surface area contributed by atoms with Gasteiger partial charge in [0.2, 0.25) is 0 Å². The van der Waals surface area contributed by atoms with Crippen molar-refractivity contribution in [3.05, 3.63) is 69.0 Å². The van der Waals surface area contributed by atoms with Crippen LogP contribution in [0.4, 0.5) is 11.4 Å². The molecule has 6 nitrogen and oxygen atoms in total. The Morgan fingerprint density at radius 2 is 2.10 bits per heavy atom. The Morgan fingerprint density at radius 3 is 2.93 bits per heavy atom. The van der Waals surface area contributed by atoms with Crippen LogP contribution in [0.2, 0.25) is 5.02 Å². The molecule has 30 heavy (non-hydrogen) atoms. The highest BCUT2D eigenvalue weighted by Crippen LogP contribution is 2.28. The highest BCUT2D eigenvalue weighted by Gasteiger charge is 2.21. The summed E-state index contributed by atoms with van der Waals surface area (Å²) in [4.78, 5) is 30.2. The average Bonchev–Trinajstić information content (AvgIpc) is 2.74. The number of aromatic nitrogens is 1. The van der Waals surface area contributed by atoms with Crippen LogP contribution < -0.4 is 15.8 Å². The summed E-state index contributed by atoms with van der Waals surface area (Å²) in [5.41, 5.74) is 3.17. The lowest BCUT2D eigenvalue weighted by atomic mass is 10.0. The number of ether oxygens (including phenoxy) is 1. The topological polar surface area (TPSA) is 74.4 Å². The van der Waals surface area contributed by atoms with Crippen LogP contribution in [0.25, 0.3) is 10.9 Å². The molecule has 0 amide bonds. The molecule has 0 unspecified atom stereocenters. The molecule has 3 aromatic rings. The molecule has 0 spiro atoms. The summed E-state index contributed by atoms with van der Waals surface area (Å²) >= 11 is 6.19. The van der Waals surface area contributed by atoms with Gasteiger partial charge in [0.1, 0.15) is 5.56 Å². The lowest BCUT2D eigenvalue weighted by Gasteiger charge is -2.31. The maximum atomic E-state index is 12.6. The number of benzene rings is 2. The third-order valence-electron chi connectivity index (χ3n) is 5.35. The number of nitrogens with zero attached hydrogens (tertiary/aromatic N) is 1. The molecular formula is C23H24ClN3O3. The van der Waals surface area contributed by atoms with Crippen molar-refractivity contribution in [2.24, 2.45) is 0 Å². The fourth-order valence-electron chi connectivity index (χ4n) is 4.01. The van der Waals surface area contributed by atoms with Gasteiger partial charge in [0.15, 0.2) is 0 Å². The monoisotopic (exact) mass is 425 g/mol. The molecule has 0 radical (unpaired) electrons. The van der Waals surface area contributed by atoms with Gasteiger partial charge < -0.3 is 19.9 Å². The van der Waals surface area contributed by atoms with E-state index in [0.717, 1.165) is 25.9 Å². The Morgan fingerprint density at radius 1 is 1.27 bits per heavy atom. The minimum atomic E-state index is -0.647. The normalized spacial score (nSPS) is 13.2. The zero-order valence-corrected chi connectivity index (χ0v) is 17.6. The van der Waals surface area contributed by atoms with Crippen molar-refractivity contribution in [1.29, 1.82) is 0 Å². The second kappa shape index (κ2) is 8.79. The van der Waals surface area contributed by atoms with Gasteiger partial charge in [0, 0.05) is 35.7 Å². The van der Waals surface area contributed by atoms with E-state index in [1.807, 2.05) is 0 Å². The summed E-state index contributed by atoms with van der Waals surface area (Å²) in [5, 5.41) is 4.53. The maximum absolute atomic E-state index is 12.6. The standard InChI is InChI=1S/C23H24ClN3O3/c1-2-30-23(29)20-21(17-14-16(24)9-10-18(17)26-22(20)28)25-11-13-27-12-5-7-15-6-3-4-8-19(15)27/h3-4,6,8-10,14H,2,5,7,11-13H2,1H3,(H2,25,26,28). The number of anilines is 2. The van der Waals surface area contributed by atoms with Crippen molar-refractivity contribution in [1.82, 2.24) is 4.98 Å². The lowest BCUT2D eigenvalue weighted by Crippen LogP contribution is -2.34. The molecule has 1 aliphatic rings. The summed E-state index contributed by atoms with van der Waals surface area (Å²) < 4.78 is 5.13. The number of aromatic amines is 1. The minimum Gasteiger partial charge on any atom is -0.462 e. The van der Waals surface area contributed by atoms with Crippen LogP contribution in [0.1, 0.15) is 29.3 Å². The number of H-pyrrole nitrogens is 1. The van der Waals surface area contributed by atoms with Crippen LogP contribution in [-0.2, 0) is 11.2 Å². The Labute approximate surface area is 179 Å². The van der Waals surface area contributed by atoms with Gasteiger partial charge in [-0.25, -0.2) is 4.79 Å². The van der Waals surface area contributed by atoms with Gasteiger partial charge in [-0.15, -0.1) is 0 Å². The Kier molecular flexibility index (Phi) is 5.95. The molecule has 0 atom stereocenters. The Balaban J connectivity index is 1.64. The number of carbonyl (C=O) groups excluding carboxylic acids is 1. The molecule has 0 aliphatic carbocycles. The molecule has 2 aromatic carbocycles. The largest absolute Gasteiger partial charge is 0.462 e. The number of aryl methyl sites for hydroxylation is 1. The van der Waals surface area contributed by atoms with E-state index in [1.54, 1.807) is 25.1 Å². The van der Waals surface area contributed by atoms with Gasteiger partial charge in [-0.05, 0) is 49.6 Å². The minimum absolute atomic E-state index is 0.0225. The van der Waals surface area contributed by atoms with Gasteiger partial charge in [-0.1, -0.05) is 29.8 Å². The highest BCUT2D eigenvalue weighted by molar-refractivity contribution is 6.31. The first kappa shape index (κ1) is 20.3. The smallest absolute Gasteiger partial charge is 0.345 e. The van der Waals surface area contributed by atoms with E-state index in [0.29, 0.717) is 28.2 Å². The van der Waals surface area contributed by atoms with E-state index in [2.05, 4.69) is 39.5 Å². The third kappa shape index (κ3) is 4.00. The van der Waals surface area contributed by atoms with Gasteiger partial charge in [0.05, 0.1) is 17.8 Å². The SMILES string of the molecule is CCOC(=O)c1c(NCCN2CCCc3ccccc32)c2cc(Cl)ccc2[nH]c1=O. The van der Waals surface area contributed by atoms with Crippen LogP contribution in [0.5, 0.6) is 0 Å². The molecule has 0 fully saturated rings. The van der Waals surface area contributed by atoms with E-state index >= 15 is 0 Å². The van der Waals surface area contributed by atoms with E-state index < -0.39 is 11.5 Å². The highest BCUT2D eigenvalue weighted by atomic mass is 35.5. The Bertz CT molecular complexity index is 1140. The quantitative estimate of drug-likeness (QED) is 0.578. The van der Waals surface area contributed by atoms with E-state index in [4.69, 9.17) is 16.3 Å². The molecule has 1 aliphatic heterocycles. The zero-order chi connectivity index (χ0) is 21.1.